The van der Waals surface area contributed by atoms with Crippen molar-refractivity contribution in [2.24, 2.45) is 5.92 Å². The lowest BCUT2D eigenvalue weighted by Gasteiger charge is -2.33. The van der Waals surface area contributed by atoms with Crippen LogP contribution < -0.4 is 10.6 Å². The molecule has 2 aliphatic heterocycles. The number of amides is 2. The van der Waals surface area contributed by atoms with E-state index in [2.05, 4.69) is 15.5 Å². The van der Waals surface area contributed by atoms with Crippen molar-refractivity contribution in [3.05, 3.63) is 12.2 Å². The van der Waals surface area contributed by atoms with E-state index >= 15 is 0 Å². The molecule has 2 fully saturated rings. The molecule has 0 aromatic rings. The van der Waals surface area contributed by atoms with E-state index in [1.54, 1.807) is 0 Å². The van der Waals surface area contributed by atoms with Gasteiger partial charge in [-0.3, -0.25) is 14.5 Å². The van der Waals surface area contributed by atoms with Crippen molar-refractivity contribution in [3.8, 4) is 0 Å². The molecule has 0 radical (unpaired) electrons. The van der Waals surface area contributed by atoms with Gasteiger partial charge in [-0.05, 0) is 25.8 Å². The van der Waals surface area contributed by atoms with Crippen LogP contribution in [0.5, 0.6) is 0 Å². The molecule has 0 unspecified atom stereocenters. The third-order valence-electron chi connectivity index (χ3n) is 5.71. The van der Waals surface area contributed by atoms with E-state index in [1.807, 2.05) is 12.2 Å². The molecule has 0 aromatic carbocycles. The van der Waals surface area contributed by atoms with Crippen LogP contribution in [0.25, 0.3) is 0 Å². The predicted octanol–water partition coefficient (Wildman–Crippen LogP) is -0.184. The number of nitrogens with one attached hydrogen (secondary N) is 2. The molecule has 3 aliphatic rings. The maximum Gasteiger partial charge on any atom is 0.223 e. The number of hydrogen-bond donors (Lipinski definition) is 3. The first-order chi connectivity index (χ1) is 13.7. The molecule has 28 heavy (non-hydrogen) atoms. The lowest BCUT2D eigenvalue weighted by molar-refractivity contribution is -0.131. The number of hydrogen-bond acceptors (Lipinski definition) is 6. The summed E-state index contributed by atoms with van der Waals surface area (Å²) >= 11 is 0. The Bertz CT molecular complexity index is 546. The topological polar surface area (TPSA) is 100 Å². The molecular formula is C20H33N3O5. The maximum absolute atomic E-state index is 12.2. The van der Waals surface area contributed by atoms with Crippen LogP contribution in [0.4, 0.5) is 0 Å². The van der Waals surface area contributed by atoms with Crippen LogP contribution in [0, 0.1) is 5.92 Å². The third kappa shape index (κ3) is 6.27. The summed E-state index contributed by atoms with van der Waals surface area (Å²) in [6, 6.07) is -0.342. The lowest BCUT2D eigenvalue weighted by atomic mass is 9.84. The summed E-state index contributed by atoms with van der Waals surface area (Å²) in [4.78, 5) is 26.6. The van der Waals surface area contributed by atoms with Crippen LogP contribution in [0.15, 0.2) is 12.2 Å². The maximum atomic E-state index is 12.2. The second-order valence-corrected chi connectivity index (χ2v) is 7.80. The minimum atomic E-state index is -0.520. The lowest BCUT2D eigenvalue weighted by Crippen LogP contribution is -2.51. The minimum absolute atomic E-state index is 0.0272. The van der Waals surface area contributed by atoms with Gasteiger partial charge < -0.3 is 25.2 Å². The monoisotopic (exact) mass is 395 g/mol. The number of nitrogens with zero attached hydrogens (tertiary/aromatic N) is 1. The second-order valence-electron chi connectivity index (χ2n) is 7.80. The summed E-state index contributed by atoms with van der Waals surface area (Å²) in [6.07, 6.45) is 6.84. The van der Waals surface area contributed by atoms with Gasteiger partial charge in [0.05, 0.1) is 38.4 Å². The van der Waals surface area contributed by atoms with Crippen LogP contribution in [0.2, 0.25) is 0 Å². The van der Waals surface area contributed by atoms with Crippen molar-refractivity contribution < 1.29 is 24.2 Å². The second kappa shape index (κ2) is 10.9. The van der Waals surface area contributed by atoms with Gasteiger partial charge in [-0.25, -0.2) is 0 Å². The number of ether oxygens (including phenoxy) is 2. The van der Waals surface area contributed by atoms with Crippen LogP contribution in [0.1, 0.15) is 32.1 Å². The first-order valence-electron chi connectivity index (χ1n) is 10.5. The molecular weight excluding hydrogens is 362 g/mol. The van der Waals surface area contributed by atoms with Crippen molar-refractivity contribution in [2.75, 3.05) is 46.0 Å². The normalized spacial score (nSPS) is 28.5. The fourth-order valence-electron chi connectivity index (χ4n) is 3.70. The summed E-state index contributed by atoms with van der Waals surface area (Å²) in [6.45, 7) is 4.87. The Morgan fingerprint density at radius 1 is 1.18 bits per heavy atom. The van der Waals surface area contributed by atoms with E-state index in [0.717, 1.165) is 58.5 Å². The van der Waals surface area contributed by atoms with Gasteiger partial charge in [0.2, 0.25) is 11.8 Å². The van der Waals surface area contributed by atoms with Crippen molar-refractivity contribution >= 4 is 11.8 Å². The summed E-state index contributed by atoms with van der Waals surface area (Å²) < 4.78 is 11.1. The van der Waals surface area contributed by atoms with Crippen molar-refractivity contribution in [2.45, 2.75) is 50.4 Å². The van der Waals surface area contributed by atoms with Crippen LogP contribution in [0.3, 0.4) is 0 Å². The molecule has 8 heteroatoms. The largest absolute Gasteiger partial charge is 0.394 e. The first-order valence-corrected chi connectivity index (χ1v) is 10.5. The van der Waals surface area contributed by atoms with E-state index in [-0.39, 0.29) is 42.9 Å². The van der Waals surface area contributed by atoms with E-state index in [9.17, 15) is 14.7 Å². The first kappa shape index (κ1) is 21.2. The number of aliphatic hydroxyl groups is 1. The Labute approximate surface area is 166 Å². The molecule has 3 rings (SSSR count). The Kier molecular flexibility index (Phi) is 8.27. The van der Waals surface area contributed by atoms with E-state index in [0.29, 0.717) is 6.54 Å². The highest BCUT2D eigenvalue weighted by Crippen LogP contribution is 2.27. The Hall–Kier alpha value is -1.48. The third-order valence-corrected chi connectivity index (χ3v) is 5.71. The SMILES string of the molecule is O=C(C[C@@H]1C=C[C@@H](NC(=O)C2CCC2)[C@@H](CO)O1)NCCCN1CCOCC1. The Balaban J connectivity index is 1.35. The van der Waals surface area contributed by atoms with Crippen LogP contribution in [-0.4, -0.2) is 86.1 Å². The highest BCUT2D eigenvalue weighted by Gasteiger charge is 2.32. The quantitative estimate of drug-likeness (QED) is 0.370. The Morgan fingerprint density at radius 2 is 1.96 bits per heavy atom. The Morgan fingerprint density at radius 3 is 2.64 bits per heavy atom. The molecule has 3 N–H and O–H groups in total. The molecule has 0 bridgehead atoms. The number of morpholine rings is 1. The highest BCUT2D eigenvalue weighted by molar-refractivity contribution is 5.80. The molecule has 2 amide bonds. The molecule has 0 spiro atoms. The van der Waals surface area contributed by atoms with E-state index in [1.165, 1.54) is 0 Å². The van der Waals surface area contributed by atoms with Gasteiger partial charge in [0.25, 0.3) is 0 Å². The van der Waals surface area contributed by atoms with Gasteiger partial charge in [0, 0.05) is 25.6 Å². The van der Waals surface area contributed by atoms with Gasteiger partial charge >= 0.3 is 0 Å². The van der Waals surface area contributed by atoms with Crippen molar-refractivity contribution in [1.29, 1.82) is 0 Å². The highest BCUT2D eigenvalue weighted by atomic mass is 16.5. The van der Waals surface area contributed by atoms with Crippen molar-refractivity contribution in [1.82, 2.24) is 15.5 Å². The summed E-state index contributed by atoms with van der Waals surface area (Å²) in [5.41, 5.74) is 0. The molecule has 1 aliphatic carbocycles. The van der Waals surface area contributed by atoms with Crippen LogP contribution in [-0.2, 0) is 19.1 Å². The standard InChI is InChI=1S/C20H33N3O5/c24-14-18-17(22-20(26)15-3-1-4-15)6-5-16(28-18)13-19(25)21-7-2-8-23-9-11-27-12-10-23/h5-6,15-18,24H,1-4,7-14H2,(H,21,25)(H,22,26)/t16-,17+,18+/m0/s1. The molecule has 1 saturated carbocycles. The number of rotatable bonds is 9. The molecule has 3 atom stereocenters. The van der Waals surface area contributed by atoms with Crippen LogP contribution >= 0.6 is 0 Å². The smallest absolute Gasteiger partial charge is 0.223 e. The number of aliphatic hydroxyl groups excluding tert-OH is 1. The molecule has 2 heterocycles. The molecule has 1 saturated heterocycles. The molecule has 0 aromatic heterocycles. The summed E-state index contributed by atoms with van der Waals surface area (Å²) in [5.74, 6) is 0.0541. The van der Waals surface area contributed by atoms with Gasteiger partial charge in [-0.1, -0.05) is 18.6 Å². The fourth-order valence-corrected chi connectivity index (χ4v) is 3.70. The zero-order valence-corrected chi connectivity index (χ0v) is 16.5. The number of carbonyl (C=O) groups excluding carboxylic acids is 2. The summed E-state index contributed by atoms with van der Waals surface area (Å²) in [7, 11) is 0. The van der Waals surface area contributed by atoms with E-state index in [4.69, 9.17) is 9.47 Å². The average molecular weight is 396 g/mol. The molecule has 8 nitrogen and oxygen atoms in total. The fraction of sp³-hybridized carbons (Fsp3) is 0.800. The predicted molar refractivity (Wildman–Crippen MR) is 104 cm³/mol. The van der Waals surface area contributed by atoms with E-state index < -0.39 is 6.10 Å². The zero-order chi connectivity index (χ0) is 19.8. The number of carbonyl (C=O) groups is 2. The van der Waals surface area contributed by atoms with Crippen molar-refractivity contribution in [3.63, 3.8) is 0 Å². The van der Waals surface area contributed by atoms with Gasteiger partial charge in [-0.2, -0.15) is 0 Å². The minimum Gasteiger partial charge on any atom is -0.394 e. The van der Waals surface area contributed by atoms with Gasteiger partial charge in [-0.15, -0.1) is 0 Å². The molecule has 158 valence electrons. The summed E-state index contributed by atoms with van der Waals surface area (Å²) in [5, 5.41) is 15.5. The van der Waals surface area contributed by atoms with Gasteiger partial charge in [0.1, 0.15) is 6.10 Å². The zero-order valence-electron chi connectivity index (χ0n) is 16.5. The average Bonchev–Trinajstić information content (AvgIpc) is 2.66. The van der Waals surface area contributed by atoms with Gasteiger partial charge in [0.15, 0.2) is 0 Å².